The molecule has 1 aliphatic rings. The number of benzene rings is 1. The molecule has 0 radical (unpaired) electrons. The van der Waals surface area contributed by atoms with Crippen molar-refractivity contribution >= 4 is 5.91 Å². The number of aromatic nitrogens is 1. The van der Waals surface area contributed by atoms with Crippen molar-refractivity contribution in [3.8, 4) is 5.75 Å². The molecule has 0 aliphatic carbocycles. The predicted molar refractivity (Wildman–Crippen MR) is 82.2 cm³/mol. The zero-order valence-electron chi connectivity index (χ0n) is 13.1. The molecule has 0 saturated heterocycles. The lowest BCUT2D eigenvalue weighted by molar-refractivity contribution is 0.0930. The Morgan fingerprint density at radius 1 is 1.41 bits per heavy atom. The molecule has 2 heterocycles. The molecule has 0 unspecified atom stereocenters. The van der Waals surface area contributed by atoms with E-state index in [9.17, 15) is 4.79 Å². The van der Waals surface area contributed by atoms with Crippen LogP contribution in [0, 0.1) is 6.92 Å². The summed E-state index contributed by atoms with van der Waals surface area (Å²) in [4.78, 5) is 12.4. The molecule has 5 nitrogen and oxygen atoms in total. The van der Waals surface area contributed by atoms with Gasteiger partial charge < -0.3 is 14.6 Å². The Morgan fingerprint density at radius 3 is 2.91 bits per heavy atom. The van der Waals surface area contributed by atoms with Crippen LogP contribution in [-0.4, -0.2) is 23.7 Å². The Bertz CT molecular complexity index is 666. The van der Waals surface area contributed by atoms with E-state index in [0.29, 0.717) is 23.6 Å². The summed E-state index contributed by atoms with van der Waals surface area (Å²) in [5.74, 6) is 1.51. The lowest BCUT2D eigenvalue weighted by Crippen LogP contribution is -2.35. The van der Waals surface area contributed by atoms with Gasteiger partial charge in [0, 0.05) is 12.3 Å². The summed E-state index contributed by atoms with van der Waals surface area (Å²) in [5, 5.41) is 6.84. The highest BCUT2D eigenvalue weighted by atomic mass is 16.5. The van der Waals surface area contributed by atoms with Gasteiger partial charge in [0.2, 0.25) is 0 Å². The highest BCUT2D eigenvalue weighted by Gasteiger charge is 2.26. The van der Waals surface area contributed by atoms with E-state index >= 15 is 0 Å². The highest BCUT2D eigenvalue weighted by molar-refractivity contribution is 5.96. The van der Waals surface area contributed by atoms with E-state index in [1.54, 1.807) is 6.92 Å². The second-order valence-electron chi connectivity index (χ2n) is 5.92. The van der Waals surface area contributed by atoms with Gasteiger partial charge in [-0.05, 0) is 18.6 Å². The smallest absolute Gasteiger partial charge is 0.256 e. The lowest BCUT2D eigenvalue weighted by Gasteiger charge is -2.12. The van der Waals surface area contributed by atoms with Crippen molar-refractivity contribution in [3.05, 3.63) is 46.8 Å². The molecule has 1 aromatic heterocycles. The Balaban J connectivity index is 1.64. The van der Waals surface area contributed by atoms with Crippen molar-refractivity contribution in [2.45, 2.75) is 39.2 Å². The van der Waals surface area contributed by atoms with Crippen LogP contribution in [-0.2, 0) is 6.42 Å². The van der Waals surface area contributed by atoms with Gasteiger partial charge in [-0.15, -0.1) is 0 Å². The van der Waals surface area contributed by atoms with Crippen LogP contribution in [0.25, 0.3) is 0 Å². The van der Waals surface area contributed by atoms with E-state index in [-0.39, 0.29) is 17.9 Å². The van der Waals surface area contributed by atoms with E-state index in [4.69, 9.17) is 9.26 Å². The van der Waals surface area contributed by atoms with Gasteiger partial charge in [0.1, 0.15) is 17.4 Å². The SMILES string of the molecule is Cc1noc(C(C)C)c1C(=O)NC[C@H]1Cc2ccccc2O1. The largest absolute Gasteiger partial charge is 0.488 e. The first-order valence-corrected chi connectivity index (χ1v) is 7.55. The van der Waals surface area contributed by atoms with E-state index in [2.05, 4.69) is 16.5 Å². The second-order valence-corrected chi connectivity index (χ2v) is 5.92. The molecule has 2 aromatic rings. The zero-order valence-corrected chi connectivity index (χ0v) is 13.1. The molecule has 1 aromatic carbocycles. The summed E-state index contributed by atoms with van der Waals surface area (Å²) in [6.07, 6.45) is 0.792. The molecule has 0 fully saturated rings. The van der Waals surface area contributed by atoms with Crippen LogP contribution in [0.3, 0.4) is 0 Å². The van der Waals surface area contributed by atoms with Crippen LogP contribution in [0.4, 0.5) is 0 Å². The first-order valence-electron chi connectivity index (χ1n) is 7.55. The number of hydrogen-bond acceptors (Lipinski definition) is 4. The molecule has 1 atom stereocenters. The second kappa shape index (κ2) is 5.83. The first-order chi connectivity index (χ1) is 10.6. The van der Waals surface area contributed by atoms with Crippen molar-refractivity contribution < 1.29 is 14.1 Å². The number of nitrogens with one attached hydrogen (secondary N) is 1. The fraction of sp³-hybridized carbons (Fsp3) is 0.412. The molecule has 116 valence electrons. The van der Waals surface area contributed by atoms with Gasteiger partial charge in [0.25, 0.3) is 5.91 Å². The van der Waals surface area contributed by atoms with Gasteiger partial charge in [-0.1, -0.05) is 37.2 Å². The minimum absolute atomic E-state index is 0.0241. The van der Waals surface area contributed by atoms with Crippen molar-refractivity contribution in [1.82, 2.24) is 10.5 Å². The summed E-state index contributed by atoms with van der Waals surface area (Å²) in [6, 6.07) is 7.96. The molecule has 0 spiro atoms. The third-order valence-corrected chi connectivity index (χ3v) is 3.84. The predicted octanol–water partition coefficient (Wildman–Crippen LogP) is 2.84. The van der Waals surface area contributed by atoms with Gasteiger partial charge in [-0.3, -0.25) is 4.79 Å². The average molecular weight is 300 g/mol. The van der Waals surface area contributed by atoms with E-state index < -0.39 is 0 Å². The molecule has 5 heteroatoms. The number of carbonyl (C=O) groups excluding carboxylic acids is 1. The number of aryl methyl sites for hydroxylation is 1. The molecule has 0 bridgehead atoms. The molecular weight excluding hydrogens is 280 g/mol. The highest BCUT2D eigenvalue weighted by Crippen LogP contribution is 2.28. The van der Waals surface area contributed by atoms with Crippen LogP contribution in [0.2, 0.25) is 0 Å². The Hall–Kier alpha value is -2.30. The van der Waals surface area contributed by atoms with Crippen molar-refractivity contribution in [2.75, 3.05) is 6.54 Å². The van der Waals surface area contributed by atoms with Gasteiger partial charge in [-0.2, -0.15) is 0 Å². The third kappa shape index (κ3) is 2.71. The number of para-hydroxylation sites is 1. The van der Waals surface area contributed by atoms with E-state index in [1.807, 2.05) is 32.0 Å². The maximum absolute atomic E-state index is 12.4. The Kier molecular flexibility index (Phi) is 3.88. The van der Waals surface area contributed by atoms with Gasteiger partial charge in [0.05, 0.1) is 12.2 Å². The molecule has 0 saturated carbocycles. The van der Waals surface area contributed by atoms with E-state index in [0.717, 1.165) is 12.2 Å². The monoisotopic (exact) mass is 300 g/mol. The summed E-state index contributed by atoms with van der Waals surface area (Å²) in [5.41, 5.74) is 2.35. The maximum atomic E-state index is 12.4. The quantitative estimate of drug-likeness (QED) is 0.943. The topological polar surface area (TPSA) is 64.4 Å². The van der Waals surface area contributed by atoms with Crippen molar-refractivity contribution in [1.29, 1.82) is 0 Å². The Morgan fingerprint density at radius 2 is 2.18 bits per heavy atom. The molecule has 3 rings (SSSR count). The number of hydrogen-bond donors (Lipinski definition) is 1. The number of fused-ring (bicyclic) bond motifs is 1. The zero-order chi connectivity index (χ0) is 15.7. The number of nitrogens with zero attached hydrogens (tertiary/aromatic N) is 1. The molecule has 22 heavy (non-hydrogen) atoms. The van der Waals surface area contributed by atoms with Crippen molar-refractivity contribution in [2.24, 2.45) is 0 Å². The Labute approximate surface area is 129 Å². The summed E-state index contributed by atoms with van der Waals surface area (Å²) in [7, 11) is 0. The van der Waals surface area contributed by atoms with Gasteiger partial charge in [-0.25, -0.2) is 0 Å². The van der Waals surface area contributed by atoms with Crippen LogP contribution < -0.4 is 10.1 Å². The summed E-state index contributed by atoms with van der Waals surface area (Å²) < 4.78 is 11.1. The standard InChI is InChI=1S/C17H20N2O3/c1-10(2)16-15(11(3)19-22-16)17(20)18-9-13-8-12-6-4-5-7-14(12)21-13/h4-7,10,13H,8-9H2,1-3H3,(H,18,20)/t13-/m1/s1. The van der Waals surface area contributed by atoms with Crippen LogP contribution >= 0.6 is 0 Å². The number of amides is 1. The summed E-state index contributed by atoms with van der Waals surface area (Å²) >= 11 is 0. The minimum atomic E-state index is -0.151. The minimum Gasteiger partial charge on any atom is -0.488 e. The molecule has 1 N–H and O–H groups in total. The van der Waals surface area contributed by atoms with Crippen LogP contribution in [0.5, 0.6) is 5.75 Å². The first kappa shape index (κ1) is 14.6. The fourth-order valence-electron chi connectivity index (χ4n) is 2.72. The molecule has 1 amide bonds. The number of rotatable bonds is 4. The molecule has 1 aliphatic heterocycles. The van der Waals surface area contributed by atoms with Crippen LogP contribution in [0.15, 0.2) is 28.8 Å². The lowest BCUT2D eigenvalue weighted by atomic mass is 10.0. The fourth-order valence-corrected chi connectivity index (χ4v) is 2.72. The number of ether oxygens (including phenoxy) is 1. The number of carbonyl (C=O) groups is 1. The normalized spacial score (nSPS) is 16.5. The van der Waals surface area contributed by atoms with E-state index in [1.165, 1.54) is 5.56 Å². The average Bonchev–Trinajstić information content (AvgIpc) is 3.07. The third-order valence-electron chi connectivity index (χ3n) is 3.84. The van der Waals surface area contributed by atoms with Crippen molar-refractivity contribution in [3.63, 3.8) is 0 Å². The summed E-state index contributed by atoms with van der Waals surface area (Å²) in [6.45, 7) is 6.21. The molecular formula is C17H20N2O3. The maximum Gasteiger partial charge on any atom is 0.256 e. The van der Waals surface area contributed by atoms with Crippen LogP contribution in [0.1, 0.15) is 47.1 Å². The van der Waals surface area contributed by atoms with Gasteiger partial charge >= 0.3 is 0 Å². The van der Waals surface area contributed by atoms with Gasteiger partial charge in [0.15, 0.2) is 5.76 Å².